The van der Waals surface area contributed by atoms with Gasteiger partial charge in [0.1, 0.15) is 5.82 Å². The molecular formula is C39H45N7O2. The smallest absolute Gasteiger partial charge is 0.308 e. The Labute approximate surface area is 283 Å². The summed E-state index contributed by atoms with van der Waals surface area (Å²) >= 11 is 0. The molecular weight excluding hydrogens is 598 g/mol. The van der Waals surface area contributed by atoms with E-state index in [0.717, 1.165) is 66.4 Å². The third kappa shape index (κ3) is 7.74. The fourth-order valence-electron chi connectivity index (χ4n) is 6.21. The van der Waals surface area contributed by atoms with Crippen molar-refractivity contribution < 1.29 is 9.59 Å². The molecule has 0 bridgehead atoms. The van der Waals surface area contributed by atoms with Crippen LogP contribution < -0.4 is 10.6 Å². The Kier molecular flexibility index (Phi) is 9.59. The molecule has 1 aliphatic rings. The maximum Gasteiger partial charge on any atom is 0.324 e. The zero-order chi connectivity index (χ0) is 33.8. The van der Waals surface area contributed by atoms with Crippen LogP contribution in [0.3, 0.4) is 0 Å². The number of likely N-dealkylation sites (tertiary alicyclic amines) is 1. The number of piperidine rings is 1. The van der Waals surface area contributed by atoms with Gasteiger partial charge < -0.3 is 5.32 Å². The van der Waals surface area contributed by atoms with Crippen LogP contribution in [0.1, 0.15) is 66.5 Å². The van der Waals surface area contributed by atoms with Crippen molar-refractivity contribution in [1.82, 2.24) is 24.5 Å². The fourth-order valence-corrected chi connectivity index (χ4v) is 6.21. The van der Waals surface area contributed by atoms with E-state index < -0.39 is 0 Å². The molecule has 248 valence electrons. The number of carbonyl (C=O) groups excluding carboxylic acids is 2. The number of carbonyl (C=O) groups is 2. The minimum atomic E-state index is -0.319. The van der Waals surface area contributed by atoms with Crippen molar-refractivity contribution in [2.24, 2.45) is 5.92 Å². The summed E-state index contributed by atoms with van der Waals surface area (Å²) in [5, 5.41) is 15.3. The third-order valence-corrected chi connectivity index (χ3v) is 9.12. The van der Waals surface area contributed by atoms with Gasteiger partial charge in [-0.1, -0.05) is 68.8 Å². The summed E-state index contributed by atoms with van der Waals surface area (Å²) in [5.41, 5.74) is 7.27. The van der Waals surface area contributed by atoms with Crippen molar-refractivity contribution in [2.75, 3.05) is 30.3 Å². The fraction of sp³-hybridized carbons (Fsp3) is 0.333. The van der Waals surface area contributed by atoms with Crippen molar-refractivity contribution in [3.8, 4) is 11.4 Å². The molecule has 3 heterocycles. The average molecular weight is 644 g/mol. The second kappa shape index (κ2) is 14.0. The number of rotatable bonds is 9. The number of benzene rings is 3. The first-order chi connectivity index (χ1) is 23.0. The van der Waals surface area contributed by atoms with E-state index in [1.165, 1.54) is 5.56 Å². The summed E-state index contributed by atoms with van der Waals surface area (Å²) in [6.07, 6.45) is 4.76. The number of aromatic nitrogens is 4. The zero-order valence-electron chi connectivity index (χ0n) is 28.5. The number of urea groups is 1. The summed E-state index contributed by atoms with van der Waals surface area (Å²) in [5.74, 6) is 1.29. The molecule has 48 heavy (non-hydrogen) atoms. The van der Waals surface area contributed by atoms with Gasteiger partial charge in [0.05, 0.1) is 41.1 Å². The number of nitrogens with one attached hydrogen (secondary N) is 2. The number of anilines is 2. The lowest BCUT2D eigenvalue weighted by Crippen LogP contribution is -2.38. The summed E-state index contributed by atoms with van der Waals surface area (Å²) in [7, 11) is 0. The van der Waals surface area contributed by atoms with Crippen LogP contribution in [0.2, 0.25) is 0 Å². The highest BCUT2D eigenvalue weighted by atomic mass is 16.2. The average Bonchev–Trinajstić information content (AvgIpc) is 3.67. The minimum absolute atomic E-state index is 0.120. The van der Waals surface area contributed by atoms with Crippen LogP contribution in [0.25, 0.3) is 11.4 Å². The monoisotopic (exact) mass is 643 g/mol. The maximum absolute atomic E-state index is 13.2. The molecule has 1 saturated heterocycles. The molecule has 9 nitrogen and oxygen atoms in total. The number of Topliss-reactive ketones (excluding diaryl/α,β-unsaturated/α-hetero) is 1. The molecule has 9 heteroatoms. The second-order valence-electron chi connectivity index (χ2n) is 13.9. The van der Waals surface area contributed by atoms with Gasteiger partial charge in [0.2, 0.25) is 0 Å². The molecule has 1 aliphatic heterocycles. The standard InChI is InChI=1S/C39H45N7O2/c1-27-11-17-33(18-12-27)46-37(24-36(43-46)39(3,4)5)42-38(48)41-31-15-13-29(14-16-31)23-30-19-21-44(22-20-30)26-35(47)34-25-40-45(28(34)2)32-9-7-6-8-10-32/h6-18,24-25,30H,19-23,26H2,1-5H3,(H2,41,42,48). The first-order valence-electron chi connectivity index (χ1n) is 16.7. The SMILES string of the molecule is Cc1ccc(-n2nc(C(C)(C)C)cc2NC(=O)Nc2ccc(CC3CCN(CC(=O)c4cnn(-c5ccccc5)c4C)CC3)cc2)cc1. The second-order valence-corrected chi connectivity index (χ2v) is 13.9. The van der Waals surface area contributed by atoms with Gasteiger partial charge in [0.15, 0.2) is 5.78 Å². The quantitative estimate of drug-likeness (QED) is 0.160. The van der Waals surface area contributed by atoms with Crippen LogP contribution in [0, 0.1) is 19.8 Å². The summed E-state index contributed by atoms with van der Waals surface area (Å²) < 4.78 is 3.61. The Morgan fingerprint density at radius 1 is 0.833 bits per heavy atom. The molecule has 6 rings (SSSR count). The van der Waals surface area contributed by atoms with Crippen LogP contribution in [0.4, 0.5) is 16.3 Å². The Morgan fingerprint density at radius 2 is 1.50 bits per heavy atom. The predicted octanol–water partition coefficient (Wildman–Crippen LogP) is 7.75. The van der Waals surface area contributed by atoms with Crippen LogP contribution >= 0.6 is 0 Å². The van der Waals surface area contributed by atoms with Gasteiger partial charge in [-0.25, -0.2) is 14.2 Å². The lowest BCUT2D eigenvalue weighted by Gasteiger charge is -2.31. The number of nitrogens with zero attached hydrogens (tertiary/aromatic N) is 5. The molecule has 2 aromatic heterocycles. The molecule has 0 atom stereocenters. The van der Waals surface area contributed by atoms with Crippen molar-refractivity contribution in [1.29, 1.82) is 0 Å². The lowest BCUT2D eigenvalue weighted by atomic mass is 9.90. The highest BCUT2D eigenvalue weighted by Gasteiger charge is 2.24. The lowest BCUT2D eigenvalue weighted by molar-refractivity contribution is 0.0895. The molecule has 0 spiro atoms. The van der Waals surface area contributed by atoms with E-state index in [0.29, 0.717) is 23.8 Å². The van der Waals surface area contributed by atoms with Crippen LogP contribution in [-0.4, -0.2) is 55.9 Å². The molecule has 0 unspecified atom stereocenters. The Morgan fingerprint density at radius 3 is 2.17 bits per heavy atom. The Bertz CT molecular complexity index is 1860. The molecule has 3 aromatic carbocycles. The van der Waals surface area contributed by atoms with E-state index in [-0.39, 0.29) is 17.2 Å². The molecule has 1 fully saturated rings. The van der Waals surface area contributed by atoms with Gasteiger partial charge in [-0.05, 0) is 94.1 Å². The summed E-state index contributed by atoms with van der Waals surface area (Å²) in [4.78, 5) is 28.5. The van der Waals surface area contributed by atoms with Crippen LogP contribution in [0.15, 0.2) is 91.1 Å². The van der Waals surface area contributed by atoms with Crippen molar-refractivity contribution in [3.63, 3.8) is 0 Å². The van der Waals surface area contributed by atoms with Gasteiger partial charge in [-0.2, -0.15) is 10.2 Å². The van der Waals surface area contributed by atoms with Gasteiger partial charge in [-0.3, -0.25) is 15.0 Å². The van der Waals surface area contributed by atoms with E-state index in [4.69, 9.17) is 5.10 Å². The maximum atomic E-state index is 13.2. The summed E-state index contributed by atoms with van der Waals surface area (Å²) in [6.45, 7) is 12.5. The van der Waals surface area contributed by atoms with Crippen LogP contribution in [0.5, 0.6) is 0 Å². The molecule has 0 saturated carbocycles. The van der Waals surface area contributed by atoms with Crippen molar-refractivity contribution in [3.05, 3.63) is 119 Å². The van der Waals surface area contributed by atoms with Crippen molar-refractivity contribution in [2.45, 2.75) is 59.3 Å². The number of amides is 2. The Hall–Kier alpha value is -5.02. The van der Waals surface area contributed by atoms with Crippen molar-refractivity contribution >= 4 is 23.3 Å². The number of hydrogen-bond acceptors (Lipinski definition) is 5. The number of ketones is 1. The first-order valence-corrected chi connectivity index (χ1v) is 16.7. The van der Waals surface area contributed by atoms with Gasteiger partial charge >= 0.3 is 6.03 Å². The summed E-state index contributed by atoms with van der Waals surface area (Å²) in [6, 6.07) is 27.7. The van der Waals surface area contributed by atoms with E-state index in [1.54, 1.807) is 10.9 Å². The molecule has 0 aliphatic carbocycles. The first kappa shape index (κ1) is 32.9. The number of para-hydroxylation sites is 1. The van der Waals surface area contributed by atoms with Gasteiger partial charge in [-0.15, -0.1) is 0 Å². The molecule has 2 N–H and O–H groups in total. The van der Waals surface area contributed by atoms with Gasteiger partial charge in [0, 0.05) is 17.2 Å². The normalized spacial score (nSPS) is 14.2. The molecule has 2 amide bonds. The molecule has 0 radical (unpaired) electrons. The van der Waals surface area contributed by atoms with Gasteiger partial charge in [0.25, 0.3) is 0 Å². The topological polar surface area (TPSA) is 97.1 Å². The number of aryl methyl sites for hydroxylation is 1. The molecule has 5 aromatic rings. The third-order valence-electron chi connectivity index (χ3n) is 9.12. The van der Waals surface area contributed by atoms with E-state index in [1.807, 2.05) is 91.3 Å². The van der Waals surface area contributed by atoms with E-state index in [9.17, 15) is 9.59 Å². The van der Waals surface area contributed by atoms with E-state index >= 15 is 0 Å². The Balaban J connectivity index is 0.996. The highest BCUT2D eigenvalue weighted by Crippen LogP contribution is 2.27. The highest BCUT2D eigenvalue weighted by molar-refractivity contribution is 5.99. The predicted molar refractivity (Wildman–Crippen MR) is 192 cm³/mol. The van der Waals surface area contributed by atoms with Crippen LogP contribution in [-0.2, 0) is 11.8 Å². The minimum Gasteiger partial charge on any atom is -0.308 e. The largest absolute Gasteiger partial charge is 0.324 e. The number of hydrogen-bond donors (Lipinski definition) is 2. The van der Waals surface area contributed by atoms with E-state index in [2.05, 4.69) is 53.5 Å². The zero-order valence-corrected chi connectivity index (χ0v) is 28.5.